The van der Waals surface area contributed by atoms with Crippen LogP contribution >= 0.6 is 0 Å². The monoisotopic (exact) mass is 1760 g/mol. The molecular weight excluding hydrogens is 1640 g/mol. The first kappa shape index (κ1) is 98.0. The molecule has 0 radical (unpaired) electrons. The van der Waals surface area contributed by atoms with Gasteiger partial charge in [-0.25, -0.2) is 0 Å². The van der Waals surface area contributed by atoms with Crippen LogP contribution in [0.25, 0.3) is 0 Å². The summed E-state index contributed by atoms with van der Waals surface area (Å²) in [6, 6.07) is -5.70. The molecule has 0 aromatic rings. The largest absolute Gasteiger partial charge is 0.394 e. The van der Waals surface area contributed by atoms with Crippen molar-refractivity contribution in [1.82, 2.24) is 10.6 Å². The third kappa shape index (κ3) is 19.9. The molecule has 9 heterocycles. The van der Waals surface area contributed by atoms with Crippen LogP contribution in [0, 0.1) is 0 Å². The Labute approximate surface area is 679 Å². The molecule has 0 amide bonds. The predicted molar refractivity (Wildman–Crippen MR) is 370 cm³/mol. The van der Waals surface area contributed by atoms with E-state index in [1.165, 1.54) is 13.8 Å². The molecule has 0 spiro atoms. The van der Waals surface area contributed by atoms with Crippen LogP contribution in [0.1, 0.15) is 13.8 Å². The van der Waals surface area contributed by atoms with Crippen molar-refractivity contribution in [2.75, 3.05) is 59.5 Å². The van der Waals surface area contributed by atoms with E-state index in [1.807, 2.05) is 0 Å². The van der Waals surface area contributed by atoms with Crippen LogP contribution < -0.4 is 10.6 Å². The molecule has 7 unspecified atom stereocenters. The molecular formula is C68H114N2O50. The molecule has 120 heavy (non-hydrogen) atoms. The predicted octanol–water partition coefficient (Wildman–Crippen LogP) is -22.6. The molecule has 35 N–H and O–H groups in total. The van der Waals surface area contributed by atoms with Crippen molar-refractivity contribution in [2.24, 2.45) is 0 Å². The summed E-state index contributed by atoms with van der Waals surface area (Å²) in [4.78, 5) is 0. The van der Waals surface area contributed by atoms with Gasteiger partial charge in [0.05, 0.1) is 95.8 Å². The van der Waals surface area contributed by atoms with E-state index < -0.39 is 384 Å². The van der Waals surface area contributed by atoms with Crippen molar-refractivity contribution in [3.63, 3.8) is 0 Å². The molecule has 11 aliphatic rings. The van der Waals surface area contributed by atoms with Crippen LogP contribution in [0.3, 0.4) is 0 Å². The molecule has 52 heteroatoms. The number of aliphatic hydroxyl groups is 33. The standard InChI is InChI=1S/C68H114N2O50/c1-14-27(69-19-4-17(6-72)54(38(89)30(19)81)114-64-49(100)40(91)57(24(11-77)109-64)117-62-46(97)35(86)31(82)20(7-73)106-62)33(84)44(95)60(104-14)115-55-22(9-75)108-63(48(99)39(55)90)113-53-16(5-71)3-18(29(80)37(53)88)70-28-15(2)105-61(45(96)34(28)85)116-56-23(10-76)110-65(50(101)41(56)92)118-58-25(12-78)111-66(51(102)42(58)93)119-59-26(13-79)112-68(52(103)43(59)94)120-67-47(98)36(87)32(83)21(8-74)107-67/h3-4,14-15,18-103H,5-13H2,1-2H3/t14-,15-,18-,19-,20-,21-,22-,23-,24-,25+,26+,27+,28+,29+,30+,31+,32+,33-,34-,35-,36-,37-,38-,39+,40+,41+,42-,43-,44?,45?,46?,47?,48?,49?,50?,51-,52-,53+,54+,55+,56+,57+,58+,59+,60+,61+,62+,63+,64+,65+,66+,67+,68+/m0/s1. The van der Waals surface area contributed by atoms with Crippen LogP contribution in [0.2, 0.25) is 0 Å². The lowest BCUT2D eigenvalue weighted by molar-refractivity contribution is -0.399. The highest BCUT2D eigenvalue weighted by molar-refractivity contribution is 5.25. The topological polar surface area (TPSA) is 849 Å². The molecule has 0 aromatic heterocycles. The Morgan fingerprint density at radius 3 is 0.675 bits per heavy atom. The first-order chi connectivity index (χ1) is 56.9. The highest BCUT2D eigenvalue weighted by atomic mass is 16.8. The lowest BCUT2D eigenvalue weighted by atomic mass is 9.86. The third-order valence-electron chi connectivity index (χ3n) is 23.5. The fraction of sp³-hybridized carbons (Fsp3) is 0.941. The van der Waals surface area contributed by atoms with Gasteiger partial charge in [-0.2, -0.15) is 0 Å². The van der Waals surface area contributed by atoms with Crippen LogP contribution in [-0.4, -0.2) is 553 Å². The van der Waals surface area contributed by atoms with Crippen LogP contribution in [-0.2, 0) is 80.5 Å². The van der Waals surface area contributed by atoms with E-state index in [0.29, 0.717) is 0 Å². The van der Waals surface area contributed by atoms with E-state index in [-0.39, 0.29) is 11.1 Å². The number of hydrogen-bond acceptors (Lipinski definition) is 52. The van der Waals surface area contributed by atoms with Crippen LogP contribution in [0.15, 0.2) is 23.3 Å². The van der Waals surface area contributed by atoms with Crippen molar-refractivity contribution in [2.45, 2.75) is 339 Å². The van der Waals surface area contributed by atoms with Gasteiger partial charge in [-0.3, -0.25) is 0 Å². The summed E-state index contributed by atoms with van der Waals surface area (Å²) < 4.78 is 96.5. The van der Waals surface area contributed by atoms with Crippen LogP contribution in [0.4, 0.5) is 0 Å². The minimum absolute atomic E-state index is 0.194. The average Bonchev–Trinajstić information content (AvgIpc) is 0.776. The lowest BCUT2D eigenvalue weighted by Gasteiger charge is -2.49. The Balaban J connectivity index is 0.651. The zero-order valence-corrected chi connectivity index (χ0v) is 63.8. The van der Waals surface area contributed by atoms with Gasteiger partial charge in [-0.05, 0) is 25.0 Å². The number of ether oxygens (including phenoxy) is 17. The Morgan fingerprint density at radius 1 is 0.225 bits per heavy atom. The van der Waals surface area contributed by atoms with Crippen LogP contribution in [0.5, 0.6) is 0 Å². The Morgan fingerprint density at radius 2 is 0.433 bits per heavy atom. The maximum Gasteiger partial charge on any atom is 0.189 e. The molecule has 0 bridgehead atoms. The van der Waals surface area contributed by atoms with Gasteiger partial charge in [0.15, 0.2) is 56.6 Å². The van der Waals surface area contributed by atoms with Gasteiger partial charge in [0.1, 0.15) is 232 Å². The summed E-state index contributed by atoms with van der Waals surface area (Å²) in [7, 11) is 0. The lowest BCUT2D eigenvalue weighted by Crippen LogP contribution is -2.69. The number of aliphatic hydroxyl groups excluding tert-OH is 33. The van der Waals surface area contributed by atoms with Crippen molar-refractivity contribution in [3.8, 4) is 0 Å². The van der Waals surface area contributed by atoms with Crippen molar-refractivity contribution in [3.05, 3.63) is 23.3 Å². The summed E-state index contributed by atoms with van der Waals surface area (Å²) in [5, 5.41) is 365. The zero-order chi connectivity index (χ0) is 88.0. The average molecular weight is 1760 g/mol. The quantitative estimate of drug-likeness (QED) is 0.0309. The Bertz CT molecular complexity index is 3220. The number of hydrogen-bond donors (Lipinski definition) is 35. The fourth-order valence-corrected chi connectivity index (χ4v) is 16.4. The van der Waals surface area contributed by atoms with Gasteiger partial charge < -0.3 is 260 Å². The molecule has 9 saturated heterocycles. The molecule has 53 atom stereocenters. The van der Waals surface area contributed by atoms with Gasteiger partial charge >= 0.3 is 0 Å². The second-order valence-electron chi connectivity index (χ2n) is 31.3. The van der Waals surface area contributed by atoms with Crippen molar-refractivity contribution in [1.29, 1.82) is 0 Å². The number of nitrogens with one attached hydrogen (secondary N) is 2. The van der Waals surface area contributed by atoms with E-state index in [2.05, 4.69) is 10.6 Å². The highest BCUT2D eigenvalue weighted by Gasteiger charge is 2.61. The summed E-state index contributed by atoms with van der Waals surface area (Å²) in [6.07, 6.45) is -91.2. The summed E-state index contributed by atoms with van der Waals surface area (Å²) in [5.41, 5.74) is -0.430. The van der Waals surface area contributed by atoms with Crippen molar-refractivity contribution < 1.29 is 249 Å². The minimum Gasteiger partial charge on any atom is -0.394 e. The summed E-state index contributed by atoms with van der Waals surface area (Å²) >= 11 is 0. The molecule has 11 rings (SSSR count). The second kappa shape index (κ2) is 41.9. The van der Waals surface area contributed by atoms with E-state index in [9.17, 15) is 169 Å². The van der Waals surface area contributed by atoms with E-state index >= 15 is 0 Å². The number of rotatable bonds is 29. The van der Waals surface area contributed by atoms with Gasteiger partial charge in [-0.15, -0.1) is 0 Å². The van der Waals surface area contributed by atoms with Gasteiger partial charge in [0.25, 0.3) is 0 Å². The van der Waals surface area contributed by atoms with E-state index in [1.54, 1.807) is 0 Å². The fourth-order valence-electron chi connectivity index (χ4n) is 16.4. The third-order valence-corrected chi connectivity index (χ3v) is 23.5. The summed E-state index contributed by atoms with van der Waals surface area (Å²) in [6.45, 7) is -6.05. The van der Waals surface area contributed by atoms with Gasteiger partial charge in [-0.1, -0.05) is 12.2 Å². The highest BCUT2D eigenvalue weighted by Crippen LogP contribution is 2.41. The molecule has 696 valence electrons. The molecule has 0 aromatic carbocycles. The molecule has 9 aliphatic heterocycles. The second-order valence-corrected chi connectivity index (χ2v) is 31.3. The molecule has 9 fully saturated rings. The van der Waals surface area contributed by atoms with Crippen molar-refractivity contribution >= 4 is 0 Å². The maximum absolute atomic E-state index is 11.6. The normalized spacial score (nSPS) is 53.1. The zero-order valence-electron chi connectivity index (χ0n) is 63.8. The van der Waals surface area contributed by atoms with Gasteiger partial charge in [0, 0.05) is 0 Å². The molecule has 52 nitrogen and oxygen atoms in total. The molecule has 0 saturated carbocycles. The minimum atomic E-state index is -2.23. The van der Waals surface area contributed by atoms with Gasteiger partial charge in [0.2, 0.25) is 0 Å². The summed E-state index contributed by atoms with van der Waals surface area (Å²) in [5.74, 6) is 0. The first-order valence-corrected chi connectivity index (χ1v) is 38.8. The Kier molecular flexibility index (Phi) is 34.2. The van der Waals surface area contributed by atoms with E-state index in [4.69, 9.17) is 80.5 Å². The van der Waals surface area contributed by atoms with E-state index in [0.717, 1.165) is 12.2 Å². The smallest absolute Gasteiger partial charge is 0.189 e. The molecule has 2 aliphatic carbocycles. The Hall–Kier alpha value is -2.60. The maximum atomic E-state index is 11.6. The SMILES string of the molecule is C[C@@H]1O[C@H](O[C@@H]2[C@H](CO)O[C@H](O[C@@H]3C(CO)=C[C@H](N[C@@H]4[C@H](C)O[C@H](O[C@@H]5[C@H](CO)O[C@H](O[C@H]6[C@@H](O)[C@H](O)[C@@H](O[C@H]7[C@@H](O)[C@H](O)[C@@H](O[C@H]8O[C@@H](CO)[C@@H](O)[C@H](O)C8O)O[C@@H]7CO)O[C@@H]6CO)C(O)[C@H]5O)C(O)[C@H]4O)[C@@H](O)[C@@H]3O)C(O)[C@H]2O)C(O)[C@@H](O)[C@@H]1N[C@H]1C=C(CO)[C@@H](O[C@H]2O[C@@H](CO)[C@@H](O[C@H]3O[C@@H](CO)[C@@H](O)[C@H](O)C3O)[C@H](O)C2O)[C@@H](O)[C@@H]1O. The first-order valence-electron chi connectivity index (χ1n) is 38.8.